The van der Waals surface area contributed by atoms with E-state index in [9.17, 15) is 0 Å². The number of benzene rings is 7. The molecule has 2 heterocycles. The van der Waals surface area contributed by atoms with Gasteiger partial charge < -0.3 is 9.73 Å². The van der Waals surface area contributed by atoms with Crippen LogP contribution in [-0.2, 0) is 0 Å². The summed E-state index contributed by atoms with van der Waals surface area (Å²) in [7, 11) is 0. The minimum absolute atomic E-state index is 0.500. The quantitative estimate of drug-likeness (QED) is 0.213. The summed E-state index contributed by atoms with van der Waals surface area (Å²) in [5.41, 5.74) is 9.23. The third-order valence-corrected chi connectivity index (χ3v) is 8.92. The molecule has 0 bridgehead atoms. The lowest BCUT2D eigenvalue weighted by Crippen LogP contribution is -2.36. The van der Waals surface area contributed by atoms with Crippen molar-refractivity contribution in [2.45, 2.75) is 6.17 Å². The SMILES string of the molecule is c1ccc(C2=NC(c3cc(-c4ccc(-c5ccccc5)cc4)cc4oc5ccccc5c34)N=C(c3ccc4ccccc4c3)N2)cc1. The number of fused-ring (bicyclic) bond motifs is 4. The van der Waals surface area contributed by atoms with Crippen LogP contribution < -0.4 is 5.32 Å². The van der Waals surface area contributed by atoms with Gasteiger partial charge >= 0.3 is 0 Å². The number of hydrogen-bond donors (Lipinski definition) is 1. The highest BCUT2D eigenvalue weighted by atomic mass is 16.3. The number of rotatable bonds is 5. The fourth-order valence-corrected chi connectivity index (χ4v) is 6.56. The fourth-order valence-electron chi connectivity index (χ4n) is 6.56. The first-order valence-corrected chi connectivity index (χ1v) is 15.9. The van der Waals surface area contributed by atoms with E-state index in [1.807, 2.05) is 36.4 Å². The van der Waals surface area contributed by atoms with E-state index >= 15 is 0 Å². The van der Waals surface area contributed by atoms with Crippen LogP contribution in [0.2, 0.25) is 0 Å². The number of hydrogen-bond acceptors (Lipinski definition) is 4. The van der Waals surface area contributed by atoms with Crippen LogP contribution in [0.1, 0.15) is 22.9 Å². The number of amidine groups is 2. The van der Waals surface area contributed by atoms with Gasteiger partial charge in [-0.25, -0.2) is 9.98 Å². The Morgan fingerprint density at radius 2 is 1.00 bits per heavy atom. The fraction of sp³-hybridized carbons (Fsp3) is 0.0233. The average molecular weight is 604 g/mol. The van der Waals surface area contributed by atoms with Crippen molar-refractivity contribution in [3.05, 3.63) is 180 Å². The van der Waals surface area contributed by atoms with Gasteiger partial charge in [-0.05, 0) is 57.3 Å². The van der Waals surface area contributed by atoms with Gasteiger partial charge in [0, 0.05) is 27.5 Å². The molecule has 0 saturated carbocycles. The van der Waals surface area contributed by atoms with Crippen LogP contribution in [0.5, 0.6) is 0 Å². The smallest absolute Gasteiger partial charge is 0.170 e. The Morgan fingerprint density at radius 3 is 1.77 bits per heavy atom. The van der Waals surface area contributed by atoms with Gasteiger partial charge in [-0.2, -0.15) is 0 Å². The van der Waals surface area contributed by atoms with Gasteiger partial charge in [-0.15, -0.1) is 0 Å². The topological polar surface area (TPSA) is 49.9 Å². The molecule has 7 aromatic carbocycles. The molecule has 0 fully saturated rings. The second kappa shape index (κ2) is 11.3. The normalized spacial score (nSPS) is 14.6. The Labute approximate surface area is 272 Å². The molecular weight excluding hydrogens is 574 g/mol. The van der Waals surface area contributed by atoms with Crippen LogP contribution in [-0.4, -0.2) is 11.7 Å². The third-order valence-electron chi connectivity index (χ3n) is 8.92. The van der Waals surface area contributed by atoms with Gasteiger partial charge in [-0.3, -0.25) is 0 Å². The molecule has 9 rings (SSSR count). The Hall–Kier alpha value is -6.26. The zero-order valence-electron chi connectivity index (χ0n) is 25.5. The van der Waals surface area contributed by atoms with E-state index < -0.39 is 6.17 Å². The summed E-state index contributed by atoms with van der Waals surface area (Å²) in [5, 5.41) is 8.03. The first-order valence-electron chi connectivity index (χ1n) is 15.9. The molecule has 222 valence electrons. The molecule has 4 heteroatoms. The predicted octanol–water partition coefficient (Wildman–Crippen LogP) is 10.6. The van der Waals surface area contributed by atoms with Gasteiger partial charge in [-0.1, -0.05) is 140 Å². The van der Waals surface area contributed by atoms with E-state index in [1.54, 1.807) is 0 Å². The van der Waals surface area contributed by atoms with Gasteiger partial charge in [0.2, 0.25) is 0 Å². The molecule has 8 aromatic rings. The lowest BCUT2D eigenvalue weighted by Gasteiger charge is -2.23. The minimum Gasteiger partial charge on any atom is -0.456 e. The number of para-hydroxylation sites is 1. The summed E-state index contributed by atoms with van der Waals surface area (Å²) < 4.78 is 6.50. The molecule has 4 nitrogen and oxygen atoms in total. The van der Waals surface area contributed by atoms with E-state index in [0.29, 0.717) is 0 Å². The molecule has 0 amide bonds. The van der Waals surface area contributed by atoms with E-state index in [4.69, 9.17) is 14.4 Å². The zero-order valence-corrected chi connectivity index (χ0v) is 25.5. The maximum Gasteiger partial charge on any atom is 0.170 e. The van der Waals surface area contributed by atoms with Crippen molar-refractivity contribution >= 4 is 44.4 Å². The largest absolute Gasteiger partial charge is 0.456 e. The second-order valence-electron chi connectivity index (χ2n) is 11.9. The first kappa shape index (κ1) is 27.1. The van der Waals surface area contributed by atoms with Crippen LogP contribution >= 0.6 is 0 Å². The number of aliphatic imine (C=N–C) groups is 2. The van der Waals surface area contributed by atoms with E-state index in [2.05, 4.69) is 133 Å². The standard InChI is InChI=1S/C43H29N3O/c1-3-11-28(12-4-1)30-19-21-31(22-20-30)35-26-37(40-36-17-9-10-18-38(36)47-39(40)27-35)43-45-41(32-14-5-2-6-15-32)44-42(46-43)34-24-23-29-13-7-8-16-33(29)25-34/h1-27,43H,(H,44,45,46). The molecule has 1 aliphatic heterocycles. The maximum atomic E-state index is 6.50. The zero-order chi connectivity index (χ0) is 31.2. The van der Waals surface area contributed by atoms with Crippen molar-refractivity contribution in [3.8, 4) is 22.3 Å². The van der Waals surface area contributed by atoms with E-state index in [-0.39, 0.29) is 0 Å². The minimum atomic E-state index is -0.500. The molecule has 0 aliphatic carbocycles. The number of nitrogens with one attached hydrogen (secondary N) is 1. The Kier molecular flexibility index (Phi) is 6.50. The highest BCUT2D eigenvalue weighted by Gasteiger charge is 2.25. The van der Waals surface area contributed by atoms with Crippen molar-refractivity contribution in [2.24, 2.45) is 9.98 Å². The Balaban J connectivity index is 1.24. The first-order chi connectivity index (χ1) is 23.3. The lowest BCUT2D eigenvalue weighted by atomic mass is 9.95. The van der Waals surface area contributed by atoms with Crippen molar-refractivity contribution in [1.29, 1.82) is 0 Å². The molecule has 0 saturated heterocycles. The maximum absolute atomic E-state index is 6.50. The molecule has 1 aromatic heterocycles. The summed E-state index contributed by atoms with van der Waals surface area (Å²) in [5.74, 6) is 1.57. The molecule has 1 N–H and O–H groups in total. The number of furan rings is 1. The lowest BCUT2D eigenvalue weighted by molar-refractivity contribution is 0.668. The predicted molar refractivity (Wildman–Crippen MR) is 194 cm³/mol. The molecular formula is C43H29N3O. The molecule has 47 heavy (non-hydrogen) atoms. The summed E-state index contributed by atoms with van der Waals surface area (Å²) in [6.07, 6.45) is -0.500. The summed E-state index contributed by atoms with van der Waals surface area (Å²) in [6, 6.07) is 56.9. The van der Waals surface area contributed by atoms with Crippen LogP contribution in [0.4, 0.5) is 0 Å². The van der Waals surface area contributed by atoms with Crippen LogP contribution in [0.15, 0.2) is 178 Å². The monoisotopic (exact) mass is 603 g/mol. The van der Waals surface area contributed by atoms with Gasteiger partial charge in [0.15, 0.2) is 6.17 Å². The molecule has 1 atom stereocenters. The highest BCUT2D eigenvalue weighted by Crippen LogP contribution is 2.40. The Morgan fingerprint density at radius 1 is 0.426 bits per heavy atom. The van der Waals surface area contributed by atoms with Crippen molar-refractivity contribution in [1.82, 2.24) is 5.32 Å². The van der Waals surface area contributed by atoms with Gasteiger partial charge in [0.25, 0.3) is 0 Å². The number of nitrogens with zero attached hydrogens (tertiary/aromatic N) is 2. The molecule has 0 spiro atoms. The van der Waals surface area contributed by atoms with Gasteiger partial charge in [0.05, 0.1) is 0 Å². The van der Waals surface area contributed by atoms with Gasteiger partial charge in [0.1, 0.15) is 22.8 Å². The summed E-state index contributed by atoms with van der Waals surface area (Å²) in [4.78, 5) is 10.6. The molecule has 1 aliphatic rings. The van der Waals surface area contributed by atoms with E-state index in [0.717, 1.165) is 61.4 Å². The average Bonchev–Trinajstić information content (AvgIpc) is 3.53. The van der Waals surface area contributed by atoms with Crippen LogP contribution in [0, 0.1) is 0 Å². The molecule has 0 radical (unpaired) electrons. The van der Waals surface area contributed by atoms with Crippen LogP contribution in [0.3, 0.4) is 0 Å². The Bertz CT molecular complexity index is 2480. The summed E-state index contributed by atoms with van der Waals surface area (Å²) >= 11 is 0. The molecule has 1 unspecified atom stereocenters. The second-order valence-corrected chi connectivity index (χ2v) is 11.9. The van der Waals surface area contributed by atoms with E-state index in [1.165, 1.54) is 21.9 Å². The van der Waals surface area contributed by atoms with Crippen molar-refractivity contribution in [2.75, 3.05) is 0 Å². The van der Waals surface area contributed by atoms with Crippen molar-refractivity contribution < 1.29 is 4.42 Å². The third kappa shape index (κ3) is 4.97. The van der Waals surface area contributed by atoms with Crippen molar-refractivity contribution in [3.63, 3.8) is 0 Å². The van der Waals surface area contributed by atoms with Crippen LogP contribution in [0.25, 0.3) is 55.0 Å². The highest BCUT2D eigenvalue weighted by molar-refractivity contribution is 6.17. The summed E-state index contributed by atoms with van der Waals surface area (Å²) in [6.45, 7) is 0.